The number of thiol groups is 1. The zero-order valence-corrected chi connectivity index (χ0v) is 20.8. The Morgan fingerprint density at radius 1 is 0.667 bits per heavy atom. The van der Waals surface area contributed by atoms with E-state index < -0.39 is 0 Å². The molecule has 0 aliphatic heterocycles. The molecule has 4 aromatic heterocycles. The first-order chi connectivity index (χ1) is 16.2. The van der Waals surface area contributed by atoms with Crippen molar-refractivity contribution in [1.29, 1.82) is 0 Å². The van der Waals surface area contributed by atoms with Crippen LogP contribution in [0.3, 0.4) is 0 Å². The second-order valence-electron chi connectivity index (χ2n) is 6.91. The van der Waals surface area contributed by atoms with Gasteiger partial charge in [0, 0.05) is 54.7 Å². The first kappa shape index (κ1) is 23.2. The van der Waals surface area contributed by atoms with Crippen LogP contribution in [0.5, 0.6) is 0 Å². The molecule has 4 nitrogen and oxygen atoms in total. The average Bonchev–Trinajstić information content (AvgIpc) is 3.50. The highest BCUT2D eigenvalue weighted by Gasteiger charge is 2.00. The van der Waals surface area contributed by atoms with Gasteiger partial charge in [0.05, 0.1) is 0 Å². The third kappa shape index (κ3) is 6.99. The number of aromatic amines is 2. The van der Waals surface area contributed by atoms with Gasteiger partial charge < -0.3 is 9.97 Å². The Bertz CT molecular complexity index is 1420. The Balaban J connectivity index is 0.000000130. The van der Waals surface area contributed by atoms with Crippen molar-refractivity contribution in [2.75, 3.05) is 0 Å². The van der Waals surface area contributed by atoms with Gasteiger partial charge in [0.15, 0.2) is 0 Å². The standard InChI is InChI=1S/C13H10N2S.C7H5BrN2.C6H6S/c1-2-4-11(5-3-1)16-12-8-10-6-7-14-13(10)15-9-12;8-6-3-5-1-2-9-7(5)10-4-6;7-6-4-2-1-3-5-6/h1-9H,(H,14,15);1-4H,(H,9,10);1-5,7H. The molecule has 0 unspecified atom stereocenters. The smallest absolute Gasteiger partial charge is 0.137 e. The maximum absolute atomic E-state index is 4.36. The molecule has 33 heavy (non-hydrogen) atoms. The predicted molar refractivity (Wildman–Crippen MR) is 144 cm³/mol. The van der Waals surface area contributed by atoms with E-state index in [1.807, 2.05) is 85.3 Å². The van der Waals surface area contributed by atoms with E-state index in [9.17, 15) is 0 Å². The lowest BCUT2D eigenvalue weighted by molar-refractivity contribution is 1.26. The fourth-order valence-electron chi connectivity index (χ4n) is 2.94. The minimum atomic E-state index is 0.934. The third-order valence-corrected chi connectivity index (χ3v) is 6.18. The molecule has 4 heterocycles. The summed E-state index contributed by atoms with van der Waals surface area (Å²) < 4.78 is 1.01. The topological polar surface area (TPSA) is 57.4 Å². The number of benzene rings is 2. The molecule has 164 valence electrons. The Kier molecular flexibility index (Phi) is 8.24. The van der Waals surface area contributed by atoms with Gasteiger partial charge >= 0.3 is 0 Å². The van der Waals surface area contributed by atoms with Crippen LogP contribution in [0.15, 0.2) is 129 Å². The van der Waals surface area contributed by atoms with Crippen LogP contribution in [0.1, 0.15) is 0 Å². The summed E-state index contributed by atoms with van der Waals surface area (Å²) in [5, 5.41) is 2.29. The number of fused-ring (bicyclic) bond motifs is 2. The van der Waals surface area contributed by atoms with E-state index in [0.717, 1.165) is 31.4 Å². The number of pyridine rings is 2. The van der Waals surface area contributed by atoms with Crippen LogP contribution < -0.4 is 0 Å². The first-order valence-corrected chi connectivity index (χ1v) is 12.2. The normalized spacial score (nSPS) is 10.2. The molecule has 2 aromatic carbocycles. The number of H-pyrrole nitrogens is 2. The van der Waals surface area contributed by atoms with E-state index in [2.05, 4.69) is 66.7 Å². The lowest BCUT2D eigenvalue weighted by Gasteiger charge is -2.00. The highest BCUT2D eigenvalue weighted by molar-refractivity contribution is 9.10. The van der Waals surface area contributed by atoms with Crippen LogP contribution in [0, 0.1) is 0 Å². The Morgan fingerprint density at radius 3 is 1.85 bits per heavy atom. The van der Waals surface area contributed by atoms with Crippen molar-refractivity contribution >= 4 is 62.4 Å². The Labute approximate surface area is 210 Å². The highest BCUT2D eigenvalue weighted by atomic mass is 79.9. The van der Waals surface area contributed by atoms with Crippen LogP contribution in [0.2, 0.25) is 0 Å². The van der Waals surface area contributed by atoms with Crippen molar-refractivity contribution in [2.24, 2.45) is 0 Å². The zero-order chi connectivity index (χ0) is 22.9. The van der Waals surface area contributed by atoms with E-state index in [4.69, 9.17) is 0 Å². The summed E-state index contributed by atoms with van der Waals surface area (Å²) in [5.41, 5.74) is 1.88. The van der Waals surface area contributed by atoms with Crippen LogP contribution in [0.25, 0.3) is 22.1 Å². The van der Waals surface area contributed by atoms with Crippen LogP contribution in [-0.4, -0.2) is 19.9 Å². The number of nitrogens with one attached hydrogen (secondary N) is 2. The SMILES string of the molecule is Brc1cnc2[nH]ccc2c1.Sc1ccccc1.c1ccc(Sc2cnc3[nH]ccc3c2)cc1. The van der Waals surface area contributed by atoms with Gasteiger partial charge in [-0.05, 0) is 64.5 Å². The number of hydrogen-bond acceptors (Lipinski definition) is 4. The van der Waals surface area contributed by atoms with Crippen molar-refractivity contribution < 1.29 is 0 Å². The maximum atomic E-state index is 4.36. The summed E-state index contributed by atoms with van der Waals surface area (Å²) in [4.78, 5) is 18.0. The van der Waals surface area contributed by atoms with E-state index in [0.29, 0.717) is 0 Å². The fraction of sp³-hybridized carbons (Fsp3) is 0. The molecule has 0 spiro atoms. The van der Waals surface area contributed by atoms with Gasteiger partial charge in [0.25, 0.3) is 0 Å². The molecule has 6 rings (SSSR count). The Hall–Kier alpha value is -3.00. The van der Waals surface area contributed by atoms with Gasteiger partial charge in [-0.3, -0.25) is 0 Å². The predicted octanol–water partition coefficient (Wildman–Crippen LogP) is 8.01. The number of halogens is 1. The van der Waals surface area contributed by atoms with Crippen molar-refractivity contribution in [3.63, 3.8) is 0 Å². The summed E-state index contributed by atoms with van der Waals surface area (Å²) in [5.74, 6) is 0. The monoisotopic (exact) mass is 532 g/mol. The molecule has 0 radical (unpaired) electrons. The molecule has 0 saturated carbocycles. The number of hydrogen-bond donors (Lipinski definition) is 3. The maximum Gasteiger partial charge on any atom is 0.137 e. The minimum Gasteiger partial charge on any atom is -0.346 e. The Morgan fingerprint density at radius 2 is 1.24 bits per heavy atom. The third-order valence-electron chi connectivity index (χ3n) is 4.48. The second kappa shape index (κ2) is 11.7. The number of nitrogens with zero attached hydrogens (tertiary/aromatic N) is 2. The molecule has 0 amide bonds. The van der Waals surface area contributed by atoms with E-state index in [1.165, 1.54) is 9.79 Å². The van der Waals surface area contributed by atoms with Crippen molar-refractivity contribution in [3.05, 3.63) is 114 Å². The molecule has 7 heteroatoms. The largest absolute Gasteiger partial charge is 0.346 e. The summed E-state index contributed by atoms with van der Waals surface area (Å²) >= 11 is 9.15. The van der Waals surface area contributed by atoms with Gasteiger partial charge in [-0.15, -0.1) is 12.6 Å². The number of rotatable bonds is 2. The van der Waals surface area contributed by atoms with Crippen molar-refractivity contribution in [3.8, 4) is 0 Å². The van der Waals surface area contributed by atoms with Gasteiger partial charge in [0.1, 0.15) is 11.3 Å². The van der Waals surface area contributed by atoms with E-state index in [1.54, 1.807) is 18.0 Å². The fourth-order valence-corrected chi connectivity index (χ4v) is 4.32. The van der Waals surface area contributed by atoms with Gasteiger partial charge in [-0.25, -0.2) is 9.97 Å². The zero-order valence-electron chi connectivity index (χ0n) is 17.5. The van der Waals surface area contributed by atoms with Gasteiger partial charge in [-0.1, -0.05) is 48.2 Å². The first-order valence-electron chi connectivity index (χ1n) is 10.2. The summed E-state index contributed by atoms with van der Waals surface area (Å²) in [7, 11) is 0. The molecule has 2 N–H and O–H groups in total. The van der Waals surface area contributed by atoms with E-state index in [-0.39, 0.29) is 0 Å². The molecule has 0 atom stereocenters. The summed E-state index contributed by atoms with van der Waals surface area (Å²) in [6.07, 6.45) is 7.47. The average molecular weight is 534 g/mol. The molecule has 0 fully saturated rings. The lowest BCUT2D eigenvalue weighted by Crippen LogP contribution is -1.78. The van der Waals surface area contributed by atoms with Crippen molar-refractivity contribution in [2.45, 2.75) is 14.7 Å². The van der Waals surface area contributed by atoms with E-state index >= 15 is 0 Å². The molecule has 0 aliphatic rings. The molecular formula is C26H21BrN4S2. The van der Waals surface area contributed by atoms with Crippen LogP contribution in [0.4, 0.5) is 0 Å². The summed E-state index contributed by atoms with van der Waals surface area (Å²) in [6.45, 7) is 0. The molecule has 0 bridgehead atoms. The molecule has 0 aliphatic carbocycles. The van der Waals surface area contributed by atoms with Gasteiger partial charge in [0.2, 0.25) is 0 Å². The van der Waals surface area contributed by atoms with Crippen molar-refractivity contribution in [1.82, 2.24) is 19.9 Å². The quantitative estimate of drug-likeness (QED) is 0.198. The van der Waals surface area contributed by atoms with Gasteiger partial charge in [-0.2, -0.15) is 0 Å². The lowest BCUT2D eigenvalue weighted by atomic mass is 10.3. The summed E-state index contributed by atoms with van der Waals surface area (Å²) in [6, 6.07) is 28.3. The minimum absolute atomic E-state index is 0.934. The van der Waals surface area contributed by atoms with Crippen LogP contribution in [-0.2, 0) is 0 Å². The second-order valence-corrected chi connectivity index (χ2v) is 9.49. The molecule has 6 aromatic rings. The molecule has 0 saturated heterocycles. The molecular weight excluding hydrogens is 512 g/mol. The highest BCUT2D eigenvalue weighted by Crippen LogP contribution is 2.28. The van der Waals surface area contributed by atoms with Crippen LogP contribution >= 0.6 is 40.3 Å². The number of aromatic nitrogens is 4.